The van der Waals surface area contributed by atoms with E-state index in [0.29, 0.717) is 18.7 Å². The van der Waals surface area contributed by atoms with Crippen LogP contribution in [0.1, 0.15) is 12.0 Å². The van der Waals surface area contributed by atoms with Crippen molar-refractivity contribution in [3.63, 3.8) is 0 Å². The topological polar surface area (TPSA) is 75.1 Å². The second-order valence-electron chi connectivity index (χ2n) is 3.09. The number of rotatable bonds is 1. The quantitative estimate of drug-likeness (QED) is 0.680. The van der Waals surface area contributed by atoms with E-state index in [2.05, 4.69) is 15.3 Å². The summed E-state index contributed by atoms with van der Waals surface area (Å²) in [5, 5.41) is 11.7. The van der Waals surface area contributed by atoms with Crippen molar-refractivity contribution in [3.8, 4) is 0 Å². The third-order valence-electron chi connectivity index (χ3n) is 2.15. The molecule has 0 saturated carbocycles. The summed E-state index contributed by atoms with van der Waals surface area (Å²) in [6.07, 6.45) is 2.83. The van der Waals surface area contributed by atoms with E-state index in [-0.39, 0.29) is 5.28 Å². The van der Waals surface area contributed by atoms with Crippen molar-refractivity contribution >= 4 is 23.4 Å². The maximum Gasteiger partial charge on any atom is 0.326 e. The van der Waals surface area contributed by atoms with Crippen LogP contribution in [0, 0.1) is 0 Å². The highest BCUT2D eigenvalue weighted by molar-refractivity contribution is 6.28. The van der Waals surface area contributed by atoms with E-state index in [1.165, 1.54) is 0 Å². The van der Waals surface area contributed by atoms with Crippen molar-refractivity contribution in [2.24, 2.45) is 0 Å². The number of nitrogens with zero attached hydrogens (tertiary/aromatic N) is 2. The third-order valence-corrected chi connectivity index (χ3v) is 2.33. The zero-order valence-corrected chi connectivity index (χ0v) is 7.95. The molecule has 5 nitrogen and oxygen atoms in total. The van der Waals surface area contributed by atoms with E-state index in [9.17, 15) is 4.79 Å². The SMILES string of the molecule is O=C(O)[C@H]1CCc2cnc(Cl)nc2N1. The van der Waals surface area contributed by atoms with Crippen molar-refractivity contribution < 1.29 is 9.90 Å². The Balaban J connectivity index is 2.29. The minimum atomic E-state index is -0.870. The first-order valence-corrected chi connectivity index (χ1v) is 4.55. The van der Waals surface area contributed by atoms with Gasteiger partial charge in [-0.05, 0) is 24.4 Å². The van der Waals surface area contributed by atoms with E-state index in [1.54, 1.807) is 6.20 Å². The number of hydrogen-bond donors (Lipinski definition) is 2. The molecular weight excluding hydrogens is 206 g/mol. The number of carbonyl (C=O) groups is 1. The molecule has 0 aliphatic carbocycles. The van der Waals surface area contributed by atoms with E-state index in [4.69, 9.17) is 16.7 Å². The second kappa shape index (κ2) is 3.42. The summed E-state index contributed by atoms with van der Waals surface area (Å²) in [6.45, 7) is 0. The van der Waals surface area contributed by atoms with E-state index >= 15 is 0 Å². The van der Waals surface area contributed by atoms with Crippen LogP contribution in [0.5, 0.6) is 0 Å². The molecule has 0 aromatic carbocycles. The number of carboxylic acids is 1. The van der Waals surface area contributed by atoms with Gasteiger partial charge in [0.15, 0.2) is 0 Å². The standard InChI is InChI=1S/C8H8ClN3O2/c9-8-10-3-4-1-2-5(7(13)14)11-6(4)12-8/h3,5H,1-2H2,(H,13,14)(H,10,11,12)/t5-/m1/s1. The van der Waals surface area contributed by atoms with Crippen molar-refractivity contribution in [2.45, 2.75) is 18.9 Å². The lowest BCUT2D eigenvalue weighted by atomic mass is 10.0. The molecule has 1 aliphatic rings. The molecule has 2 N–H and O–H groups in total. The molecule has 0 fully saturated rings. The van der Waals surface area contributed by atoms with Gasteiger partial charge >= 0.3 is 5.97 Å². The fraction of sp³-hybridized carbons (Fsp3) is 0.375. The Morgan fingerprint density at radius 2 is 2.50 bits per heavy atom. The molecular formula is C8H8ClN3O2. The van der Waals surface area contributed by atoms with Crippen LogP contribution in [-0.4, -0.2) is 27.1 Å². The number of anilines is 1. The Hall–Kier alpha value is -1.36. The molecule has 0 radical (unpaired) electrons. The van der Waals surface area contributed by atoms with Gasteiger partial charge in [0.1, 0.15) is 11.9 Å². The molecule has 1 aliphatic heterocycles. The Kier molecular flexibility index (Phi) is 2.25. The fourth-order valence-corrected chi connectivity index (χ4v) is 1.55. The summed E-state index contributed by atoms with van der Waals surface area (Å²) in [6, 6.07) is -0.575. The predicted molar refractivity (Wildman–Crippen MR) is 50.4 cm³/mol. The van der Waals surface area contributed by atoms with Crippen molar-refractivity contribution in [2.75, 3.05) is 5.32 Å². The average Bonchev–Trinajstić information content (AvgIpc) is 2.16. The number of aliphatic carboxylic acids is 1. The minimum Gasteiger partial charge on any atom is -0.480 e. The van der Waals surface area contributed by atoms with Crippen LogP contribution >= 0.6 is 11.6 Å². The van der Waals surface area contributed by atoms with E-state index in [1.807, 2.05) is 0 Å². The predicted octanol–water partition coefficient (Wildman–Crippen LogP) is 0.941. The summed E-state index contributed by atoms with van der Waals surface area (Å²) in [4.78, 5) is 18.5. The fourth-order valence-electron chi connectivity index (χ4n) is 1.42. The normalized spacial score (nSPS) is 19.6. The van der Waals surface area contributed by atoms with Gasteiger partial charge in [-0.3, -0.25) is 0 Å². The Morgan fingerprint density at radius 1 is 1.71 bits per heavy atom. The largest absolute Gasteiger partial charge is 0.480 e. The van der Waals surface area contributed by atoms with Gasteiger partial charge in [0.05, 0.1) is 0 Å². The minimum absolute atomic E-state index is 0.127. The summed E-state index contributed by atoms with van der Waals surface area (Å²) < 4.78 is 0. The maximum absolute atomic E-state index is 10.7. The average molecular weight is 214 g/mol. The van der Waals surface area contributed by atoms with Crippen molar-refractivity contribution in [1.82, 2.24) is 9.97 Å². The molecule has 1 aromatic heterocycles. The maximum atomic E-state index is 10.7. The third kappa shape index (κ3) is 1.63. The van der Waals surface area contributed by atoms with Crippen LogP contribution in [0.4, 0.5) is 5.82 Å². The highest BCUT2D eigenvalue weighted by Crippen LogP contribution is 2.22. The molecule has 0 unspecified atom stereocenters. The molecule has 0 saturated heterocycles. The van der Waals surface area contributed by atoms with Gasteiger partial charge in [-0.15, -0.1) is 0 Å². The van der Waals surface area contributed by atoms with Crippen LogP contribution in [-0.2, 0) is 11.2 Å². The van der Waals surface area contributed by atoms with Gasteiger partial charge in [0, 0.05) is 11.8 Å². The van der Waals surface area contributed by atoms with Gasteiger partial charge in [0.25, 0.3) is 0 Å². The van der Waals surface area contributed by atoms with Crippen molar-refractivity contribution in [3.05, 3.63) is 17.0 Å². The summed E-state index contributed by atoms with van der Waals surface area (Å²) in [5.74, 6) is -0.339. The van der Waals surface area contributed by atoms with Crippen LogP contribution in [0.15, 0.2) is 6.20 Å². The highest BCUT2D eigenvalue weighted by Gasteiger charge is 2.24. The summed E-state index contributed by atoms with van der Waals surface area (Å²) in [5.41, 5.74) is 0.909. The molecule has 0 bridgehead atoms. The number of hydrogen-bond acceptors (Lipinski definition) is 4. The zero-order valence-electron chi connectivity index (χ0n) is 7.20. The first kappa shape index (κ1) is 9.21. The first-order chi connectivity index (χ1) is 6.66. The lowest BCUT2D eigenvalue weighted by molar-refractivity contribution is -0.138. The van der Waals surface area contributed by atoms with E-state index < -0.39 is 12.0 Å². The number of halogens is 1. The molecule has 0 spiro atoms. The second-order valence-corrected chi connectivity index (χ2v) is 3.42. The number of carboxylic acid groups (broad SMARTS) is 1. The molecule has 1 aromatic rings. The summed E-state index contributed by atoms with van der Waals surface area (Å²) in [7, 11) is 0. The van der Waals surface area contributed by atoms with E-state index in [0.717, 1.165) is 5.56 Å². The lowest BCUT2D eigenvalue weighted by Gasteiger charge is -2.22. The molecule has 6 heteroatoms. The Bertz CT molecular complexity index is 383. The zero-order chi connectivity index (χ0) is 10.1. The van der Waals surface area contributed by atoms with Crippen LogP contribution in [0.2, 0.25) is 5.28 Å². The van der Waals surface area contributed by atoms with Gasteiger partial charge < -0.3 is 10.4 Å². The van der Waals surface area contributed by atoms with Gasteiger partial charge in [-0.1, -0.05) is 0 Å². The highest BCUT2D eigenvalue weighted by atomic mass is 35.5. The van der Waals surface area contributed by atoms with Gasteiger partial charge in [-0.25, -0.2) is 14.8 Å². The lowest BCUT2D eigenvalue weighted by Crippen LogP contribution is -2.33. The number of aryl methyl sites for hydroxylation is 1. The summed E-state index contributed by atoms with van der Waals surface area (Å²) >= 11 is 5.59. The van der Waals surface area contributed by atoms with Gasteiger partial charge in [-0.2, -0.15) is 0 Å². The molecule has 74 valence electrons. The van der Waals surface area contributed by atoms with Crippen molar-refractivity contribution in [1.29, 1.82) is 0 Å². The molecule has 14 heavy (non-hydrogen) atoms. The first-order valence-electron chi connectivity index (χ1n) is 4.17. The molecule has 2 heterocycles. The number of fused-ring (bicyclic) bond motifs is 1. The molecule has 0 amide bonds. The van der Waals surface area contributed by atoms with Crippen LogP contribution in [0.25, 0.3) is 0 Å². The number of nitrogens with one attached hydrogen (secondary N) is 1. The molecule has 2 rings (SSSR count). The van der Waals surface area contributed by atoms with Gasteiger partial charge in [0.2, 0.25) is 5.28 Å². The Morgan fingerprint density at radius 3 is 3.21 bits per heavy atom. The smallest absolute Gasteiger partial charge is 0.326 e. The Labute approximate surface area is 85.1 Å². The van der Waals surface area contributed by atoms with Crippen LogP contribution in [0.3, 0.4) is 0 Å². The van der Waals surface area contributed by atoms with Crippen LogP contribution < -0.4 is 5.32 Å². The number of aromatic nitrogens is 2. The monoisotopic (exact) mass is 213 g/mol. The molecule has 1 atom stereocenters.